The van der Waals surface area contributed by atoms with E-state index in [1.165, 1.54) is 0 Å². The molecule has 40 heavy (non-hydrogen) atoms. The number of hydrogen-bond donors (Lipinski definition) is 3. The number of benzene rings is 2. The fourth-order valence-corrected chi connectivity index (χ4v) is 5.42. The first-order chi connectivity index (χ1) is 19.1. The summed E-state index contributed by atoms with van der Waals surface area (Å²) in [4.78, 5) is 10.4. The molecule has 1 aliphatic heterocycles. The van der Waals surface area contributed by atoms with Gasteiger partial charge in [0.25, 0.3) is 0 Å². The smallest absolute Gasteiger partial charge is 0.311 e. The topological polar surface area (TPSA) is 169 Å². The molecule has 2 aromatic carbocycles. The summed E-state index contributed by atoms with van der Waals surface area (Å²) in [6, 6.07) is 9.24. The first-order valence-corrected chi connectivity index (χ1v) is 14.9. The zero-order valence-corrected chi connectivity index (χ0v) is 24.0. The van der Waals surface area contributed by atoms with Gasteiger partial charge in [0, 0.05) is 43.5 Å². The molecule has 1 fully saturated rings. The van der Waals surface area contributed by atoms with Gasteiger partial charge < -0.3 is 30.9 Å². The Morgan fingerprint density at radius 2 is 1.77 bits per heavy atom. The van der Waals surface area contributed by atoms with Gasteiger partial charge in [-0.1, -0.05) is 19.1 Å². The number of hydrogen-bond acceptors (Lipinski definition) is 11. The summed E-state index contributed by atoms with van der Waals surface area (Å²) in [5, 5.41) is -0.707. The monoisotopic (exact) mass is 570 g/mol. The largest absolute Gasteiger partial charge is 0.493 e. The van der Waals surface area contributed by atoms with E-state index in [4.69, 9.17) is 30.9 Å². The van der Waals surface area contributed by atoms with E-state index in [9.17, 15) is 8.42 Å². The molecule has 0 amide bonds. The number of nitrogens with zero attached hydrogens (tertiary/aromatic N) is 3. The molecule has 0 aliphatic carbocycles. The van der Waals surface area contributed by atoms with Crippen LogP contribution in [0.25, 0.3) is 11.1 Å². The van der Waals surface area contributed by atoms with Crippen LogP contribution in [-0.2, 0) is 27.8 Å². The summed E-state index contributed by atoms with van der Waals surface area (Å²) in [5.41, 5.74) is 22.3. The van der Waals surface area contributed by atoms with Crippen molar-refractivity contribution < 1.29 is 22.1 Å². The van der Waals surface area contributed by atoms with E-state index in [1.54, 1.807) is 26.1 Å². The molecular formula is C28H38N6O5S. The summed E-state index contributed by atoms with van der Waals surface area (Å²) < 4.78 is 43.5. The van der Waals surface area contributed by atoms with Crippen molar-refractivity contribution in [2.24, 2.45) is 0 Å². The van der Waals surface area contributed by atoms with Gasteiger partial charge in [-0.3, -0.25) is 4.90 Å². The Balaban J connectivity index is 1.79. The summed E-state index contributed by atoms with van der Waals surface area (Å²) >= 11 is 0. The second-order valence-electron chi connectivity index (χ2n) is 9.81. The van der Waals surface area contributed by atoms with E-state index in [1.807, 2.05) is 31.2 Å². The number of morpholine rings is 1. The highest BCUT2D eigenvalue weighted by Crippen LogP contribution is 2.42. The molecule has 1 aromatic heterocycles. The normalized spacial score (nSPS) is 15.1. The van der Waals surface area contributed by atoms with Crippen LogP contribution in [0.15, 0.2) is 36.5 Å². The Morgan fingerprint density at radius 3 is 2.42 bits per heavy atom. The molecule has 2 heterocycles. The molecule has 0 spiro atoms. The molecule has 4 rings (SSSR count). The average Bonchev–Trinajstić information content (AvgIpc) is 2.91. The van der Waals surface area contributed by atoms with Gasteiger partial charge in [0.15, 0.2) is 5.75 Å². The number of nitrogen functional groups attached to an aromatic ring is 3. The minimum absolute atomic E-state index is 0.0740. The van der Waals surface area contributed by atoms with Crippen molar-refractivity contribution in [3.63, 3.8) is 0 Å². The molecule has 1 aliphatic rings. The molecule has 216 valence electrons. The maximum Gasteiger partial charge on any atom is 0.311 e. The lowest BCUT2D eigenvalue weighted by atomic mass is 9.97. The van der Waals surface area contributed by atoms with Gasteiger partial charge in [-0.05, 0) is 55.2 Å². The Morgan fingerprint density at radius 1 is 1.05 bits per heavy atom. The molecule has 0 bridgehead atoms. The summed E-state index contributed by atoms with van der Waals surface area (Å²) in [5.74, 6) is 0.930. The van der Waals surface area contributed by atoms with Crippen LogP contribution in [0.1, 0.15) is 43.9 Å². The lowest BCUT2D eigenvalue weighted by Gasteiger charge is -2.27. The predicted molar refractivity (Wildman–Crippen MR) is 157 cm³/mol. The minimum Gasteiger partial charge on any atom is -0.493 e. The summed E-state index contributed by atoms with van der Waals surface area (Å²) in [6.45, 7) is 9.40. The van der Waals surface area contributed by atoms with Gasteiger partial charge in [-0.2, -0.15) is 13.4 Å². The predicted octanol–water partition coefficient (Wildman–Crippen LogP) is 3.22. The summed E-state index contributed by atoms with van der Waals surface area (Å²) in [6.07, 6.45) is 2.27. The van der Waals surface area contributed by atoms with Gasteiger partial charge in [0.05, 0.1) is 30.6 Å². The molecule has 11 nitrogen and oxygen atoms in total. The molecule has 3 aromatic rings. The van der Waals surface area contributed by atoms with E-state index in [0.29, 0.717) is 72.9 Å². The molecular weight excluding hydrogens is 532 g/mol. The van der Waals surface area contributed by atoms with Crippen molar-refractivity contribution in [2.45, 2.75) is 45.4 Å². The van der Waals surface area contributed by atoms with E-state index in [2.05, 4.69) is 14.9 Å². The van der Waals surface area contributed by atoms with Gasteiger partial charge in [0.2, 0.25) is 5.95 Å². The van der Waals surface area contributed by atoms with Crippen molar-refractivity contribution in [3.05, 3.63) is 53.2 Å². The zero-order chi connectivity index (χ0) is 28.9. The fraction of sp³-hybridized carbons (Fsp3) is 0.429. The molecule has 1 saturated heterocycles. The molecule has 0 radical (unpaired) electrons. The van der Waals surface area contributed by atoms with Crippen molar-refractivity contribution in [3.8, 4) is 22.6 Å². The first-order valence-electron chi connectivity index (χ1n) is 13.4. The Labute approximate surface area is 235 Å². The van der Waals surface area contributed by atoms with Crippen LogP contribution in [0, 0.1) is 0 Å². The number of nitrogens with two attached hydrogens (primary N) is 3. The van der Waals surface area contributed by atoms with Crippen LogP contribution in [-0.4, -0.2) is 61.4 Å². The third-order valence-corrected chi connectivity index (χ3v) is 8.67. The number of rotatable bonds is 11. The van der Waals surface area contributed by atoms with E-state index in [-0.39, 0.29) is 17.5 Å². The first kappa shape index (κ1) is 29.4. The standard InChI is InChI=1S/C28H38N6O5S/c1-4-18(3)40(35,36)39-25-14-19(12-22-16-32-28(31)33-27(22)30)13-24(38-5-2)26(25)20-6-7-21(23(29)15-20)17-34-8-10-37-11-9-34/h6-7,13-16,18H,4-5,8-12,17,29H2,1-3H3,(H4,30,31,32,33). The highest BCUT2D eigenvalue weighted by Gasteiger charge is 2.26. The molecule has 12 heteroatoms. The molecule has 1 unspecified atom stereocenters. The zero-order valence-electron chi connectivity index (χ0n) is 23.2. The van der Waals surface area contributed by atoms with Gasteiger partial charge in [0.1, 0.15) is 11.6 Å². The van der Waals surface area contributed by atoms with Crippen molar-refractivity contribution in [2.75, 3.05) is 50.1 Å². The second kappa shape index (κ2) is 12.7. The number of ether oxygens (including phenoxy) is 2. The van der Waals surface area contributed by atoms with Gasteiger partial charge in [-0.25, -0.2) is 4.98 Å². The third kappa shape index (κ3) is 6.93. The minimum atomic E-state index is -3.94. The van der Waals surface area contributed by atoms with Crippen LogP contribution < -0.4 is 26.1 Å². The maximum atomic E-state index is 13.1. The number of aromatic nitrogens is 2. The van der Waals surface area contributed by atoms with Crippen molar-refractivity contribution in [1.82, 2.24) is 14.9 Å². The Kier molecular flexibility index (Phi) is 9.33. The van der Waals surface area contributed by atoms with E-state index < -0.39 is 15.4 Å². The molecule has 1 atom stereocenters. The fourth-order valence-electron chi connectivity index (χ4n) is 4.46. The average molecular weight is 571 g/mol. The lowest BCUT2D eigenvalue weighted by Crippen LogP contribution is -2.35. The molecule has 6 N–H and O–H groups in total. The van der Waals surface area contributed by atoms with Crippen molar-refractivity contribution >= 4 is 27.6 Å². The van der Waals surface area contributed by atoms with Crippen LogP contribution in [0.3, 0.4) is 0 Å². The van der Waals surface area contributed by atoms with Crippen molar-refractivity contribution in [1.29, 1.82) is 0 Å². The SMILES string of the molecule is CCOc1cc(Cc2cnc(N)nc2N)cc(OS(=O)(=O)C(C)CC)c1-c1ccc(CN2CCOCC2)c(N)c1. The van der Waals surface area contributed by atoms with E-state index in [0.717, 1.165) is 18.7 Å². The second-order valence-corrected chi connectivity index (χ2v) is 11.8. The highest BCUT2D eigenvalue weighted by atomic mass is 32.2. The van der Waals surface area contributed by atoms with Crippen LogP contribution >= 0.6 is 0 Å². The Hall–Kier alpha value is -3.61. The maximum absolute atomic E-state index is 13.1. The van der Waals surface area contributed by atoms with E-state index >= 15 is 0 Å². The Bertz CT molecular complexity index is 1440. The van der Waals surface area contributed by atoms with Crippen LogP contribution in [0.4, 0.5) is 17.5 Å². The lowest BCUT2D eigenvalue weighted by molar-refractivity contribution is 0.0343. The van der Waals surface area contributed by atoms with Crippen LogP contribution in [0.2, 0.25) is 0 Å². The number of anilines is 3. The van der Waals surface area contributed by atoms with Crippen LogP contribution in [0.5, 0.6) is 11.5 Å². The van der Waals surface area contributed by atoms with Gasteiger partial charge >= 0.3 is 10.1 Å². The highest BCUT2D eigenvalue weighted by molar-refractivity contribution is 7.87. The summed E-state index contributed by atoms with van der Waals surface area (Å²) in [7, 11) is -3.94. The quantitative estimate of drug-likeness (QED) is 0.228. The molecule has 0 saturated carbocycles. The third-order valence-electron chi connectivity index (χ3n) is 6.94. The van der Waals surface area contributed by atoms with Gasteiger partial charge in [-0.15, -0.1) is 0 Å².